The fourth-order valence-corrected chi connectivity index (χ4v) is 2.34. The molecule has 1 heterocycles. The van der Waals surface area contributed by atoms with Gasteiger partial charge in [0.15, 0.2) is 0 Å². The van der Waals surface area contributed by atoms with E-state index < -0.39 is 0 Å². The first-order valence-electron chi connectivity index (χ1n) is 6.61. The van der Waals surface area contributed by atoms with Crippen LogP contribution < -0.4 is 5.32 Å². The van der Waals surface area contributed by atoms with Gasteiger partial charge in [-0.25, -0.2) is 0 Å². The molecule has 1 fully saturated rings. The van der Waals surface area contributed by atoms with Crippen molar-refractivity contribution in [3.63, 3.8) is 0 Å². The van der Waals surface area contributed by atoms with Crippen molar-refractivity contribution in [3.05, 3.63) is 0 Å². The summed E-state index contributed by atoms with van der Waals surface area (Å²) in [6.07, 6.45) is 2.97. The number of nitrogens with one attached hydrogen (secondary N) is 1. The predicted molar refractivity (Wildman–Crippen MR) is 69.0 cm³/mol. The Morgan fingerprint density at radius 2 is 2.18 bits per heavy atom. The minimum Gasteiger partial charge on any atom is -0.385 e. The smallest absolute Gasteiger partial charge is 0.239 e. The number of amides is 1. The lowest BCUT2D eigenvalue weighted by Gasteiger charge is -2.37. The van der Waals surface area contributed by atoms with Crippen LogP contribution in [0.5, 0.6) is 0 Å². The van der Waals surface area contributed by atoms with E-state index in [9.17, 15) is 4.79 Å². The van der Waals surface area contributed by atoms with Crippen LogP contribution in [-0.2, 0) is 9.53 Å². The maximum absolute atomic E-state index is 12.3. The zero-order valence-corrected chi connectivity index (χ0v) is 11.5. The van der Waals surface area contributed by atoms with Crippen LogP contribution in [-0.4, -0.2) is 49.2 Å². The Morgan fingerprint density at radius 1 is 1.47 bits per heavy atom. The molecule has 2 atom stereocenters. The molecule has 1 rings (SSSR count). The van der Waals surface area contributed by atoms with Gasteiger partial charge in [0.2, 0.25) is 5.91 Å². The van der Waals surface area contributed by atoms with Crippen LogP contribution in [0.4, 0.5) is 0 Å². The Bertz CT molecular complexity index is 244. The maximum Gasteiger partial charge on any atom is 0.239 e. The lowest BCUT2D eigenvalue weighted by molar-refractivity contribution is -0.138. The van der Waals surface area contributed by atoms with Crippen molar-refractivity contribution in [2.75, 3.05) is 20.3 Å². The quantitative estimate of drug-likeness (QED) is 0.765. The van der Waals surface area contributed by atoms with Crippen molar-refractivity contribution in [1.82, 2.24) is 10.2 Å². The zero-order chi connectivity index (χ0) is 12.8. The van der Waals surface area contributed by atoms with E-state index in [1.165, 1.54) is 0 Å². The molecule has 0 bridgehead atoms. The van der Waals surface area contributed by atoms with Crippen molar-refractivity contribution < 1.29 is 9.53 Å². The molecule has 4 heteroatoms. The molecule has 2 unspecified atom stereocenters. The lowest BCUT2D eigenvalue weighted by atomic mass is 10.0. The first kappa shape index (κ1) is 14.5. The second-order valence-corrected chi connectivity index (χ2v) is 5.18. The van der Waals surface area contributed by atoms with Gasteiger partial charge in [0.25, 0.3) is 0 Å². The molecule has 0 aromatic rings. The van der Waals surface area contributed by atoms with Gasteiger partial charge in [0, 0.05) is 32.3 Å². The number of likely N-dealkylation sites (tertiary alicyclic amines) is 1. The fraction of sp³-hybridized carbons (Fsp3) is 0.923. The Balaban J connectivity index is 2.52. The third-order valence-electron chi connectivity index (χ3n) is 3.28. The summed E-state index contributed by atoms with van der Waals surface area (Å²) in [5.41, 5.74) is 0. The molecule has 1 N–H and O–H groups in total. The maximum atomic E-state index is 12.3. The highest BCUT2D eigenvalue weighted by atomic mass is 16.5. The van der Waals surface area contributed by atoms with Crippen LogP contribution in [0.15, 0.2) is 0 Å². The molecule has 4 nitrogen and oxygen atoms in total. The molecule has 0 radical (unpaired) electrons. The molecule has 17 heavy (non-hydrogen) atoms. The molecule has 0 aromatic heterocycles. The summed E-state index contributed by atoms with van der Waals surface area (Å²) in [5.74, 6) is 0.258. The third-order valence-corrected chi connectivity index (χ3v) is 3.28. The summed E-state index contributed by atoms with van der Waals surface area (Å²) in [7, 11) is 1.70. The number of carbonyl (C=O) groups is 1. The molecule has 0 aromatic carbocycles. The van der Waals surface area contributed by atoms with Crippen LogP contribution in [0.3, 0.4) is 0 Å². The van der Waals surface area contributed by atoms with E-state index >= 15 is 0 Å². The number of piperidine rings is 1. The molecule has 0 spiro atoms. The van der Waals surface area contributed by atoms with Gasteiger partial charge in [-0.05, 0) is 26.2 Å². The Kier molecular flexibility index (Phi) is 5.92. The standard InChI is InChI=1S/C13H26N2O2/c1-10(2)14-12-6-5-8-15(13(12)16)11(3)7-9-17-4/h10-12,14H,5-9H2,1-4H3. The average Bonchev–Trinajstić information content (AvgIpc) is 2.28. The predicted octanol–water partition coefficient (Wildman–Crippen LogP) is 1.40. The van der Waals surface area contributed by atoms with Gasteiger partial charge in [0.05, 0.1) is 6.04 Å². The Morgan fingerprint density at radius 3 is 2.76 bits per heavy atom. The van der Waals surface area contributed by atoms with Crippen LogP contribution in [0, 0.1) is 0 Å². The van der Waals surface area contributed by atoms with Gasteiger partial charge in [-0.3, -0.25) is 4.79 Å². The highest BCUT2D eigenvalue weighted by Crippen LogP contribution is 2.16. The number of nitrogens with zero attached hydrogens (tertiary/aromatic N) is 1. The van der Waals surface area contributed by atoms with E-state index in [-0.39, 0.29) is 18.0 Å². The minimum absolute atomic E-state index is 0.00810. The summed E-state index contributed by atoms with van der Waals surface area (Å²) >= 11 is 0. The highest BCUT2D eigenvalue weighted by molar-refractivity contribution is 5.82. The summed E-state index contributed by atoms with van der Waals surface area (Å²) in [6.45, 7) is 7.88. The van der Waals surface area contributed by atoms with E-state index in [4.69, 9.17) is 4.74 Å². The van der Waals surface area contributed by atoms with Gasteiger partial charge >= 0.3 is 0 Å². The molecule has 1 aliphatic heterocycles. The number of ether oxygens (including phenoxy) is 1. The highest BCUT2D eigenvalue weighted by Gasteiger charge is 2.31. The topological polar surface area (TPSA) is 41.6 Å². The molecule has 1 saturated heterocycles. The van der Waals surface area contributed by atoms with Crippen molar-refractivity contribution >= 4 is 5.91 Å². The van der Waals surface area contributed by atoms with Crippen molar-refractivity contribution in [3.8, 4) is 0 Å². The minimum atomic E-state index is 0.00810. The van der Waals surface area contributed by atoms with Gasteiger partial charge in [-0.15, -0.1) is 0 Å². The average molecular weight is 242 g/mol. The summed E-state index contributed by atoms with van der Waals surface area (Å²) < 4.78 is 5.08. The van der Waals surface area contributed by atoms with Crippen molar-refractivity contribution in [1.29, 1.82) is 0 Å². The number of methoxy groups -OCH3 is 1. The lowest BCUT2D eigenvalue weighted by Crippen LogP contribution is -2.55. The second kappa shape index (κ2) is 6.97. The Hall–Kier alpha value is -0.610. The fourth-order valence-electron chi connectivity index (χ4n) is 2.34. The monoisotopic (exact) mass is 242 g/mol. The molecular weight excluding hydrogens is 216 g/mol. The number of carbonyl (C=O) groups excluding carboxylic acids is 1. The van der Waals surface area contributed by atoms with Crippen LogP contribution >= 0.6 is 0 Å². The number of rotatable bonds is 6. The van der Waals surface area contributed by atoms with E-state index in [2.05, 4.69) is 26.1 Å². The SMILES string of the molecule is COCCC(C)N1CCCC(NC(C)C)C1=O. The van der Waals surface area contributed by atoms with Gasteiger partial charge in [-0.1, -0.05) is 13.8 Å². The van der Waals surface area contributed by atoms with Crippen molar-refractivity contribution in [2.45, 2.75) is 58.2 Å². The summed E-state index contributed by atoms with van der Waals surface area (Å²) in [5, 5.41) is 3.35. The van der Waals surface area contributed by atoms with Gasteiger partial charge < -0.3 is 15.0 Å². The summed E-state index contributed by atoms with van der Waals surface area (Å²) in [4.78, 5) is 14.3. The first-order valence-corrected chi connectivity index (χ1v) is 6.61. The third kappa shape index (κ3) is 4.28. The number of hydrogen-bond donors (Lipinski definition) is 1. The van der Waals surface area contributed by atoms with E-state index in [1.54, 1.807) is 7.11 Å². The molecular formula is C13H26N2O2. The number of hydrogen-bond acceptors (Lipinski definition) is 3. The normalized spacial score (nSPS) is 23.2. The molecule has 1 amide bonds. The summed E-state index contributed by atoms with van der Waals surface area (Å²) in [6, 6.07) is 0.645. The van der Waals surface area contributed by atoms with Crippen LogP contribution in [0.2, 0.25) is 0 Å². The first-order chi connectivity index (χ1) is 8.06. The van der Waals surface area contributed by atoms with Gasteiger partial charge in [-0.2, -0.15) is 0 Å². The molecule has 0 saturated carbocycles. The molecule has 0 aliphatic carbocycles. The largest absolute Gasteiger partial charge is 0.385 e. The van der Waals surface area contributed by atoms with Gasteiger partial charge in [0.1, 0.15) is 0 Å². The van der Waals surface area contributed by atoms with E-state index in [1.807, 2.05) is 4.90 Å². The van der Waals surface area contributed by atoms with E-state index in [0.717, 1.165) is 25.8 Å². The molecule has 1 aliphatic rings. The van der Waals surface area contributed by atoms with Crippen molar-refractivity contribution in [2.24, 2.45) is 0 Å². The molecule has 100 valence electrons. The van der Waals surface area contributed by atoms with Crippen LogP contribution in [0.25, 0.3) is 0 Å². The Labute approximate surface area is 105 Å². The van der Waals surface area contributed by atoms with Crippen LogP contribution in [0.1, 0.15) is 40.0 Å². The second-order valence-electron chi connectivity index (χ2n) is 5.18. The van der Waals surface area contributed by atoms with E-state index in [0.29, 0.717) is 12.6 Å². The zero-order valence-electron chi connectivity index (χ0n) is 11.5.